The van der Waals surface area contributed by atoms with E-state index >= 15 is 0 Å². The van der Waals surface area contributed by atoms with Gasteiger partial charge in [-0.1, -0.05) is 61.5 Å². The molecule has 1 N–H and O–H groups in total. The largest absolute Gasteiger partial charge is 0.461 e. The average molecular weight is 375 g/mol. The van der Waals surface area contributed by atoms with Crippen LogP contribution in [-0.4, -0.2) is 20.1 Å². The summed E-state index contributed by atoms with van der Waals surface area (Å²) in [5.41, 5.74) is 2.95. The molecule has 26 heavy (non-hydrogen) atoms. The first-order chi connectivity index (χ1) is 12.4. The molecule has 0 saturated carbocycles. The number of esters is 1. The van der Waals surface area contributed by atoms with Gasteiger partial charge in [-0.05, 0) is 30.0 Å². The van der Waals surface area contributed by atoms with Gasteiger partial charge in [-0.15, -0.1) is 0 Å². The molecule has 2 aromatic carbocycles. The Morgan fingerprint density at radius 2 is 1.69 bits per heavy atom. The highest BCUT2D eigenvalue weighted by molar-refractivity contribution is 7.89. The van der Waals surface area contributed by atoms with Crippen LogP contribution in [0.3, 0.4) is 0 Å². The third kappa shape index (κ3) is 6.61. The number of hydrogen-bond acceptors (Lipinski definition) is 4. The van der Waals surface area contributed by atoms with E-state index in [0.29, 0.717) is 0 Å². The first kappa shape index (κ1) is 20.1. The van der Waals surface area contributed by atoms with Crippen LogP contribution < -0.4 is 4.72 Å². The molecule has 1 atom stereocenters. The van der Waals surface area contributed by atoms with Crippen LogP contribution in [0, 0.1) is 0 Å². The zero-order valence-corrected chi connectivity index (χ0v) is 16.0. The molecule has 0 unspecified atom stereocenters. The number of nitrogens with one attached hydrogen (secondary N) is 1. The van der Waals surface area contributed by atoms with Crippen molar-refractivity contribution in [3.05, 3.63) is 71.3 Å². The molecular formula is C20H25NO4S. The number of carbonyl (C=O) groups is 1. The van der Waals surface area contributed by atoms with Crippen molar-refractivity contribution in [3.8, 4) is 0 Å². The first-order valence-corrected chi connectivity index (χ1v) is 10.3. The predicted octanol–water partition coefficient (Wildman–Crippen LogP) is 3.36. The van der Waals surface area contributed by atoms with E-state index in [1.807, 2.05) is 54.6 Å². The summed E-state index contributed by atoms with van der Waals surface area (Å²) in [6.45, 7) is 4.00. The Morgan fingerprint density at radius 1 is 1.04 bits per heavy atom. The van der Waals surface area contributed by atoms with Gasteiger partial charge >= 0.3 is 5.97 Å². The van der Waals surface area contributed by atoms with Crippen molar-refractivity contribution < 1.29 is 17.9 Å². The minimum absolute atomic E-state index is 0.146. The predicted molar refractivity (Wildman–Crippen MR) is 102 cm³/mol. The van der Waals surface area contributed by atoms with Crippen LogP contribution in [0.25, 0.3) is 0 Å². The fourth-order valence-electron chi connectivity index (χ4n) is 2.47. The molecule has 2 aromatic rings. The van der Waals surface area contributed by atoms with E-state index in [9.17, 15) is 13.2 Å². The molecule has 0 aliphatic rings. The number of rotatable bonds is 9. The molecule has 2 rings (SSSR count). The van der Waals surface area contributed by atoms with Gasteiger partial charge in [0, 0.05) is 6.04 Å². The van der Waals surface area contributed by atoms with Crippen LogP contribution in [0.1, 0.15) is 43.0 Å². The lowest BCUT2D eigenvalue weighted by molar-refractivity contribution is -0.144. The highest BCUT2D eigenvalue weighted by Gasteiger charge is 2.18. The molecule has 0 heterocycles. The fourth-order valence-corrected chi connectivity index (χ4v) is 3.69. The third-order valence-corrected chi connectivity index (χ3v) is 5.52. The van der Waals surface area contributed by atoms with Crippen LogP contribution in [0.15, 0.2) is 54.6 Å². The summed E-state index contributed by atoms with van der Waals surface area (Å²) in [5.74, 6) is -0.822. The average Bonchev–Trinajstić information content (AvgIpc) is 2.65. The minimum atomic E-state index is -3.57. The van der Waals surface area contributed by atoms with E-state index in [4.69, 9.17) is 4.74 Å². The molecule has 0 radical (unpaired) electrons. The maximum absolute atomic E-state index is 12.2. The molecule has 0 aromatic heterocycles. The second-order valence-corrected chi connectivity index (χ2v) is 8.02. The van der Waals surface area contributed by atoms with Crippen molar-refractivity contribution in [2.45, 2.75) is 39.3 Å². The van der Waals surface area contributed by atoms with Gasteiger partial charge in [0.15, 0.2) is 0 Å². The summed E-state index contributed by atoms with van der Waals surface area (Å²) in [6.07, 6.45) is 0.759. The van der Waals surface area contributed by atoms with Crippen molar-refractivity contribution in [2.75, 3.05) is 5.75 Å². The van der Waals surface area contributed by atoms with E-state index in [2.05, 4.69) is 11.6 Å². The van der Waals surface area contributed by atoms with Crippen LogP contribution in [-0.2, 0) is 32.6 Å². The summed E-state index contributed by atoms with van der Waals surface area (Å²) in [6, 6.07) is 16.7. The molecule has 140 valence electrons. The molecule has 0 spiro atoms. The molecule has 0 amide bonds. The third-order valence-electron chi connectivity index (χ3n) is 4.06. The Balaban J connectivity index is 1.80. The van der Waals surface area contributed by atoms with Crippen molar-refractivity contribution in [3.63, 3.8) is 0 Å². The van der Waals surface area contributed by atoms with Crippen LogP contribution in [0.5, 0.6) is 0 Å². The lowest BCUT2D eigenvalue weighted by atomic mass is 10.1. The van der Waals surface area contributed by atoms with Gasteiger partial charge in [-0.25, -0.2) is 13.1 Å². The normalized spacial score (nSPS) is 12.5. The van der Waals surface area contributed by atoms with Gasteiger partial charge in [0.05, 0.1) is 12.2 Å². The monoisotopic (exact) mass is 375 g/mol. The molecule has 0 saturated heterocycles. The van der Waals surface area contributed by atoms with Crippen LogP contribution in [0.4, 0.5) is 0 Å². The Bertz CT molecular complexity index is 801. The Kier molecular flexibility index (Phi) is 7.36. The van der Waals surface area contributed by atoms with Gasteiger partial charge in [0.2, 0.25) is 10.0 Å². The van der Waals surface area contributed by atoms with E-state index in [-0.39, 0.29) is 24.8 Å². The second-order valence-electron chi connectivity index (χ2n) is 6.15. The van der Waals surface area contributed by atoms with Crippen LogP contribution >= 0.6 is 0 Å². The molecule has 0 fully saturated rings. The van der Waals surface area contributed by atoms with E-state index in [1.54, 1.807) is 6.92 Å². The molecular weight excluding hydrogens is 350 g/mol. The van der Waals surface area contributed by atoms with Crippen molar-refractivity contribution >= 4 is 16.0 Å². The van der Waals surface area contributed by atoms with E-state index < -0.39 is 16.0 Å². The van der Waals surface area contributed by atoms with Gasteiger partial charge in [0.1, 0.15) is 6.61 Å². The number of aryl methyl sites for hydroxylation is 1. The SMILES string of the molecule is CCc1ccc([C@H](C)NS(=O)(=O)CCC(=O)OCc2ccccc2)cc1. The van der Waals surface area contributed by atoms with Gasteiger partial charge in [-0.3, -0.25) is 4.79 Å². The lowest BCUT2D eigenvalue weighted by Gasteiger charge is -2.15. The summed E-state index contributed by atoms with van der Waals surface area (Å²) in [4.78, 5) is 11.8. The summed E-state index contributed by atoms with van der Waals surface area (Å²) in [7, 11) is -3.57. The van der Waals surface area contributed by atoms with Crippen molar-refractivity contribution in [1.29, 1.82) is 0 Å². The zero-order chi connectivity index (χ0) is 19.0. The number of benzene rings is 2. The molecule has 0 aliphatic heterocycles. The fraction of sp³-hybridized carbons (Fsp3) is 0.350. The number of sulfonamides is 1. The van der Waals surface area contributed by atoms with Gasteiger partial charge < -0.3 is 4.74 Å². The van der Waals surface area contributed by atoms with Crippen molar-refractivity contribution in [1.82, 2.24) is 4.72 Å². The zero-order valence-electron chi connectivity index (χ0n) is 15.1. The van der Waals surface area contributed by atoms with Gasteiger partial charge in [-0.2, -0.15) is 0 Å². The molecule has 0 bridgehead atoms. The first-order valence-electron chi connectivity index (χ1n) is 8.68. The van der Waals surface area contributed by atoms with E-state index in [1.165, 1.54) is 5.56 Å². The Labute approximate surface area is 155 Å². The maximum Gasteiger partial charge on any atom is 0.307 e. The van der Waals surface area contributed by atoms with Gasteiger partial charge in [0.25, 0.3) is 0 Å². The number of hydrogen-bond donors (Lipinski definition) is 1. The highest BCUT2D eigenvalue weighted by atomic mass is 32.2. The molecule has 0 aliphatic carbocycles. The topological polar surface area (TPSA) is 72.5 Å². The van der Waals surface area contributed by atoms with Crippen LogP contribution in [0.2, 0.25) is 0 Å². The summed E-state index contributed by atoms with van der Waals surface area (Å²) in [5, 5.41) is 0. The van der Waals surface area contributed by atoms with E-state index in [0.717, 1.165) is 17.5 Å². The number of ether oxygens (including phenoxy) is 1. The quantitative estimate of drug-likeness (QED) is 0.682. The maximum atomic E-state index is 12.2. The molecule has 6 heteroatoms. The second kappa shape index (κ2) is 9.50. The smallest absolute Gasteiger partial charge is 0.307 e. The highest BCUT2D eigenvalue weighted by Crippen LogP contribution is 2.15. The molecule has 5 nitrogen and oxygen atoms in total. The Hall–Kier alpha value is -2.18. The minimum Gasteiger partial charge on any atom is -0.461 e. The standard InChI is InChI=1S/C20H25NO4S/c1-3-17-9-11-19(12-10-17)16(2)21-26(23,24)14-13-20(22)25-15-18-7-5-4-6-8-18/h4-12,16,21H,3,13-15H2,1-2H3/t16-/m0/s1. The summed E-state index contributed by atoms with van der Waals surface area (Å²) >= 11 is 0. The number of carbonyl (C=O) groups excluding carboxylic acids is 1. The lowest BCUT2D eigenvalue weighted by Crippen LogP contribution is -2.30. The van der Waals surface area contributed by atoms with Crippen molar-refractivity contribution in [2.24, 2.45) is 0 Å². The summed E-state index contributed by atoms with van der Waals surface area (Å²) < 4.78 is 32.1. The Morgan fingerprint density at radius 3 is 2.31 bits per heavy atom.